The molecule has 2 nitrogen and oxygen atoms in total. The Bertz CT molecular complexity index is 401. The van der Waals surface area contributed by atoms with Crippen molar-refractivity contribution in [3.8, 4) is 5.75 Å². The molecule has 1 aromatic carbocycles. The van der Waals surface area contributed by atoms with Crippen molar-refractivity contribution in [3.05, 3.63) is 28.8 Å². The molecule has 1 atom stereocenters. The molecule has 0 fully saturated rings. The number of methoxy groups -OCH3 is 1. The highest BCUT2D eigenvalue weighted by atomic mass is 19.4. The molecule has 0 amide bonds. The quantitative estimate of drug-likeness (QED) is 0.886. The molecule has 96 valence electrons. The Kier molecular flexibility index (Phi) is 4.03. The van der Waals surface area contributed by atoms with Crippen LogP contribution in [0.3, 0.4) is 0 Å². The molecule has 17 heavy (non-hydrogen) atoms. The van der Waals surface area contributed by atoms with Gasteiger partial charge in [-0.15, -0.1) is 0 Å². The van der Waals surface area contributed by atoms with Gasteiger partial charge in [-0.25, -0.2) is 0 Å². The molecule has 0 saturated heterocycles. The van der Waals surface area contributed by atoms with E-state index >= 15 is 0 Å². The molecule has 1 rings (SSSR count). The predicted octanol–water partition coefficient (Wildman–Crippen LogP) is 3.13. The van der Waals surface area contributed by atoms with E-state index in [1.807, 2.05) is 0 Å². The van der Waals surface area contributed by atoms with E-state index in [1.54, 1.807) is 19.9 Å². The third-order valence-electron chi connectivity index (χ3n) is 2.93. The standard InChI is InChI=1S/C12H16F3NO/c1-7-8(2)10(17-4)6-5-9(7)11(16-3)12(13,14)15/h5-6,11,16H,1-4H3. The van der Waals surface area contributed by atoms with E-state index in [1.165, 1.54) is 20.2 Å². The highest BCUT2D eigenvalue weighted by Gasteiger charge is 2.40. The first-order chi connectivity index (χ1) is 7.82. The number of hydrogen-bond acceptors (Lipinski definition) is 2. The van der Waals surface area contributed by atoms with Gasteiger partial charge in [-0.2, -0.15) is 13.2 Å². The Morgan fingerprint density at radius 1 is 1.18 bits per heavy atom. The Morgan fingerprint density at radius 3 is 2.18 bits per heavy atom. The lowest BCUT2D eigenvalue weighted by Gasteiger charge is -2.23. The topological polar surface area (TPSA) is 21.3 Å². The molecule has 0 spiro atoms. The predicted molar refractivity (Wildman–Crippen MR) is 60.3 cm³/mol. The fourth-order valence-corrected chi connectivity index (χ4v) is 1.85. The first-order valence-electron chi connectivity index (χ1n) is 5.21. The number of halogens is 3. The molecule has 0 aliphatic rings. The summed E-state index contributed by atoms with van der Waals surface area (Å²) in [4.78, 5) is 0. The SMILES string of the molecule is CNC(c1ccc(OC)c(C)c1C)C(F)(F)F. The first kappa shape index (κ1) is 13.8. The van der Waals surface area contributed by atoms with Gasteiger partial charge in [0.2, 0.25) is 0 Å². The van der Waals surface area contributed by atoms with E-state index in [0.717, 1.165) is 5.56 Å². The number of alkyl halides is 3. The van der Waals surface area contributed by atoms with Gasteiger partial charge in [0.1, 0.15) is 11.8 Å². The second-order valence-corrected chi connectivity index (χ2v) is 3.87. The van der Waals surface area contributed by atoms with Crippen LogP contribution in [-0.4, -0.2) is 20.3 Å². The van der Waals surface area contributed by atoms with Crippen molar-refractivity contribution in [3.63, 3.8) is 0 Å². The zero-order chi connectivity index (χ0) is 13.2. The summed E-state index contributed by atoms with van der Waals surface area (Å²) < 4.78 is 43.5. The summed E-state index contributed by atoms with van der Waals surface area (Å²) in [6.45, 7) is 3.42. The molecule has 0 aliphatic heterocycles. The van der Waals surface area contributed by atoms with Gasteiger partial charge < -0.3 is 10.1 Å². The molecule has 1 N–H and O–H groups in total. The van der Waals surface area contributed by atoms with Crippen LogP contribution in [0, 0.1) is 13.8 Å². The Balaban J connectivity index is 3.27. The second-order valence-electron chi connectivity index (χ2n) is 3.87. The normalized spacial score (nSPS) is 13.6. The van der Waals surface area contributed by atoms with Crippen molar-refractivity contribution in [1.82, 2.24) is 5.32 Å². The number of rotatable bonds is 3. The van der Waals surface area contributed by atoms with Crippen LogP contribution in [0.25, 0.3) is 0 Å². The highest BCUT2D eigenvalue weighted by molar-refractivity contribution is 5.45. The Hall–Kier alpha value is -1.23. The minimum atomic E-state index is -4.31. The van der Waals surface area contributed by atoms with E-state index in [4.69, 9.17) is 4.74 Å². The van der Waals surface area contributed by atoms with Crippen LogP contribution in [0.15, 0.2) is 12.1 Å². The monoisotopic (exact) mass is 247 g/mol. The van der Waals surface area contributed by atoms with E-state index in [9.17, 15) is 13.2 Å². The highest BCUT2D eigenvalue weighted by Crippen LogP contribution is 2.36. The molecule has 1 unspecified atom stereocenters. The number of ether oxygens (including phenoxy) is 1. The summed E-state index contributed by atoms with van der Waals surface area (Å²) in [5, 5.41) is 2.30. The molecule has 0 radical (unpaired) electrons. The second kappa shape index (κ2) is 4.96. The average Bonchev–Trinajstić information content (AvgIpc) is 2.23. The van der Waals surface area contributed by atoms with Crippen LogP contribution < -0.4 is 10.1 Å². The summed E-state index contributed by atoms with van der Waals surface area (Å²) in [5.41, 5.74) is 1.56. The molecular weight excluding hydrogens is 231 g/mol. The molecule has 0 saturated carbocycles. The van der Waals surface area contributed by atoms with Gasteiger partial charge in [0.25, 0.3) is 0 Å². The zero-order valence-corrected chi connectivity index (χ0v) is 10.3. The molecule has 5 heteroatoms. The van der Waals surface area contributed by atoms with Crippen molar-refractivity contribution in [2.24, 2.45) is 0 Å². The van der Waals surface area contributed by atoms with Crippen molar-refractivity contribution >= 4 is 0 Å². The number of benzene rings is 1. The summed E-state index contributed by atoms with van der Waals surface area (Å²) in [6.07, 6.45) is -4.31. The van der Waals surface area contributed by atoms with E-state index < -0.39 is 12.2 Å². The molecule has 0 bridgehead atoms. The fourth-order valence-electron chi connectivity index (χ4n) is 1.85. The number of nitrogens with one attached hydrogen (secondary N) is 1. The van der Waals surface area contributed by atoms with Crippen LogP contribution in [0.5, 0.6) is 5.75 Å². The summed E-state index contributed by atoms with van der Waals surface area (Å²) in [7, 11) is 2.80. The smallest absolute Gasteiger partial charge is 0.407 e. The maximum atomic E-state index is 12.8. The van der Waals surface area contributed by atoms with Crippen LogP contribution in [0.2, 0.25) is 0 Å². The number of hydrogen-bond donors (Lipinski definition) is 1. The van der Waals surface area contributed by atoms with E-state index in [-0.39, 0.29) is 5.56 Å². The Morgan fingerprint density at radius 2 is 1.76 bits per heavy atom. The lowest BCUT2D eigenvalue weighted by Crippen LogP contribution is -2.32. The molecule has 1 aromatic rings. The van der Waals surface area contributed by atoms with Crippen LogP contribution in [0.4, 0.5) is 13.2 Å². The zero-order valence-electron chi connectivity index (χ0n) is 10.3. The van der Waals surface area contributed by atoms with Gasteiger partial charge in [0, 0.05) is 0 Å². The maximum Gasteiger partial charge on any atom is 0.407 e. The van der Waals surface area contributed by atoms with Gasteiger partial charge in [-0.05, 0) is 43.7 Å². The summed E-state index contributed by atoms with van der Waals surface area (Å²) in [5.74, 6) is 0.600. The van der Waals surface area contributed by atoms with Crippen molar-refractivity contribution in [2.75, 3.05) is 14.2 Å². The first-order valence-corrected chi connectivity index (χ1v) is 5.21. The maximum absolute atomic E-state index is 12.8. The third kappa shape index (κ3) is 2.72. The minimum absolute atomic E-state index is 0.235. The Labute approximate surface area is 98.8 Å². The van der Waals surface area contributed by atoms with Gasteiger partial charge in [-0.3, -0.25) is 0 Å². The molecule has 0 aliphatic carbocycles. The van der Waals surface area contributed by atoms with Gasteiger partial charge in [0.15, 0.2) is 0 Å². The molecule has 0 aromatic heterocycles. The van der Waals surface area contributed by atoms with E-state index in [0.29, 0.717) is 11.3 Å². The third-order valence-corrected chi connectivity index (χ3v) is 2.93. The summed E-state index contributed by atoms with van der Waals surface area (Å²) in [6, 6.07) is 1.37. The van der Waals surface area contributed by atoms with Crippen molar-refractivity contribution in [1.29, 1.82) is 0 Å². The van der Waals surface area contributed by atoms with Gasteiger partial charge in [0.05, 0.1) is 7.11 Å². The fraction of sp³-hybridized carbons (Fsp3) is 0.500. The minimum Gasteiger partial charge on any atom is -0.496 e. The van der Waals surface area contributed by atoms with Gasteiger partial charge >= 0.3 is 6.18 Å². The largest absolute Gasteiger partial charge is 0.496 e. The van der Waals surface area contributed by atoms with E-state index in [2.05, 4.69) is 5.32 Å². The van der Waals surface area contributed by atoms with Crippen LogP contribution in [-0.2, 0) is 0 Å². The van der Waals surface area contributed by atoms with Crippen molar-refractivity contribution in [2.45, 2.75) is 26.1 Å². The molecule has 0 heterocycles. The lowest BCUT2D eigenvalue weighted by atomic mass is 9.96. The summed E-state index contributed by atoms with van der Waals surface area (Å²) >= 11 is 0. The average molecular weight is 247 g/mol. The lowest BCUT2D eigenvalue weighted by molar-refractivity contribution is -0.156. The van der Waals surface area contributed by atoms with Crippen LogP contribution >= 0.6 is 0 Å². The van der Waals surface area contributed by atoms with Crippen LogP contribution in [0.1, 0.15) is 22.7 Å². The van der Waals surface area contributed by atoms with Crippen molar-refractivity contribution < 1.29 is 17.9 Å². The van der Waals surface area contributed by atoms with Gasteiger partial charge in [-0.1, -0.05) is 6.07 Å². The molecular formula is C12H16F3NO.